The maximum atomic E-state index is 13.1. The van der Waals surface area contributed by atoms with E-state index in [2.05, 4.69) is 28.9 Å². The van der Waals surface area contributed by atoms with E-state index in [4.69, 9.17) is 9.72 Å². The predicted octanol–water partition coefficient (Wildman–Crippen LogP) is 4.21. The van der Waals surface area contributed by atoms with Crippen LogP contribution in [0.2, 0.25) is 0 Å². The Balaban J connectivity index is 1.75. The number of anilines is 2. The van der Waals surface area contributed by atoms with Crippen molar-refractivity contribution in [1.82, 2.24) is 14.5 Å². The lowest BCUT2D eigenvalue weighted by atomic mass is 9.85. The molecule has 1 aromatic heterocycles. The number of fused-ring (bicyclic) bond motifs is 1. The van der Waals surface area contributed by atoms with Gasteiger partial charge in [0, 0.05) is 23.0 Å². The Morgan fingerprint density at radius 1 is 1.10 bits per heavy atom. The highest BCUT2D eigenvalue weighted by atomic mass is 16.5. The first-order chi connectivity index (χ1) is 14.0. The third kappa shape index (κ3) is 3.78. The first-order valence-corrected chi connectivity index (χ1v) is 10.8. The van der Waals surface area contributed by atoms with E-state index < -0.39 is 0 Å². The van der Waals surface area contributed by atoms with Gasteiger partial charge in [-0.1, -0.05) is 19.8 Å². The number of hydrogen-bond donors (Lipinski definition) is 0. The van der Waals surface area contributed by atoms with E-state index in [-0.39, 0.29) is 5.56 Å². The normalized spacial score (nSPS) is 22.4. The number of nitrogens with zero attached hydrogens (tertiary/aromatic N) is 4. The second kappa shape index (κ2) is 8.19. The number of aromatic nitrogens is 2. The second-order valence-corrected chi connectivity index (χ2v) is 8.41. The van der Waals surface area contributed by atoms with Gasteiger partial charge in [-0.3, -0.25) is 19.2 Å². The monoisotopic (exact) mass is 396 g/mol. The zero-order valence-electron chi connectivity index (χ0n) is 18.0. The summed E-state index contributed by atoms with van der Waals surface area (Å²) in [4.78, 5) is 22.6. The number of benzene rings is 1. The molecule has 1 aliphatic heterocycles. The Kier molecular flexibility index (Phi) is 5.63. The standard InChI is InChI=1S/C23H32N4O2/c1-5-29-20-12-10-19(11-13-20)26-14-25(21-9-7-6-8-16(21)2)15-27-22(28)17(3)18(4)24-23(26)27/h10-13,16,21H,5-9,14-15H2,1-4H3. The fourth-order valence-corrected chi connectivity index (χ4v) is 4.68. The van der Waals surface area contributed by atoms with Crippen molar-refractivity contribution in [3.05, 3.63) is 45.9 Å². The van der Waals surface area contributed by atoms with E-state index in [0.717, 1.165) is 35.3 Å². The van der Waals surface area contributed by atoms with Crippen LogP contribution >= 0.6 is 0 Å². The molecule has 0 amide bonds. The fourth-order valence-electron chi connectivity index (χ4n) is 4.68. The van der Waals surface area contributed by atoms with Crippen LogP contribution in [0.4, 0.5) is 11.6 Å². The van der Waals surface area contributed by atoms with Crippen molar-refractivity contribution in [3.63, 3.8) is 0 Å². The molecule has 2 aliphatic rings. The molecule has 0 radical (unpaired) electrons. The van der Waals surface area contributed by atoms with Gasteiger partial charge < -0.3 is 4.74 Å². The average Bonchev–Trinajstić information content (AvgIpc) is 2.73. The number of rotatable bonds is 4. The highest BCUT2D eigenvalue weighted by Gasteiger charge is 2.34. The van der Waals surface area contributed by atoms with E-state index >= 15 is 0 Å². The van der Waals surface area contributed by atoms with Gasteiger partial charge in [0.05, 0.1) is 19.9 Å². The highest BCUT2D eigenvalue weighted by molar-refractivity contribution is 5.59. The Morgan fingerprint density at radius 2 is 1.83 bits per heavy atom. The Morgan fingerprint density at radius 3 is 2.52 bits per heavy atom. The lowest BCUT2D eigenvalue weighted by Crippen LogP contribution is -2.53. The molecule has 0 spiro atoms. The summed E-state index contributed by atoms with van der Waals surface area (Å²) < 4.78 is 7.45. The summed E-state index contributed by atoms with van der Waals surface area (Å²) in [5.41, 5.74) is 2.64. The van der Waals surface area contributed by atoms with E-state index in [9.17, 15) is 4.79 Å². The third-order valence-electron chi connectivity index (χ3n) is 6.50. The third-order valence-corrected chi connectivity index (χ3v) is 6.50. The summed E-state index contributed by atoms with van der Waals surface area (Å²) in [6, 6.07) is 8.60. The summed E-state index contributed by atoms with van der Waals surface area (Å²) >= 11 is 0. The fraction of sp³-hybridized carbons (Fsp3) is 0.565. The van der Waals surface area contributed by atoms with Crippen molar-refractivity contribution in [2.75, 3.05) is 18.2 Å². The molecular weight excluding hydrogens is 364 g/mol. The zero-order chi connectivity index (χ0) is 20.5. The molecule has 4 rings (SSSR count). The SMILES string of the molecule is CCOc1ccc(N2CN(C3CCCCC3C)Cn3c2nc(C)c(C)c3=O)cc1. The molecule has 6 heteroatoms. The van der Waals surface area contributed by atoms with Gasteiger partial charge in [-0.25, -0.2) is 4.98 Å². The maximum Gasteiger partial charge on any atom is 0.259 e. The summed E-state index contributed by atoms with van der Waals surface area (Å²) in [7, 11) is 0. The van der Waals surface area contributed by atoms with Crippen molar-refractivity contribution in [2.24, 2.45) is 5.92 Å². The zero-order valence-corrected chi connectivity index (χ0v) is 18.0. The Labute approximate surface area is 173 Å². The summed E-state index contributed by atoms with van der Waals surface area (Å²) in [6.45, 7) is 10.1. The largest absolute Gasteiger partial charge is 0.494 e. The lowest BCUT2D eigenvalue weighted by molar-refractivity contribution is 0.0723. The van der Waals surface area contributed by atoms with E-state index in [1.54, 1.807) is 0 Å². The van der Waals surface area contributed by atoms with Crippen LogP contribution in [0.15, 0.2) is 29.1 Å². The van der Waals surface area contributed by atoms with Gasteiger partial charge in [0.2, 0.25) is 5.95 Å². The van der Waals surface area contributed by atoms with Crippen LogP contribution in [0.3, 0.4) is 0 Å². The minimum atomic E-state index is 0.0663. The Bertz CT molecular complexity index is 922. The quantitative estimate of drug-likeness (QED) is 0.775. The van der Waals surface area contributed by atoms with Crippen molar-refractivity contribution < 1.29 is 4.74 Å². The van der Waals surface area contributed by atoms with E-state index in [1.165, 1.54) is 25.7 Å². The van der Waals surface area contributed by atoms with Crippen molar-refractivity contribution >= 4 is 11.6 Å². The Hall–Kier alpha value is -2.34. The van der Waals surface area contributed by atoms with Gasteiger partial charge in [0.1, 0.15) is 5.75 Å². The van der Waals surface area contributed by atoms with Crippen molar-refractivity contribution in [1.29, 1.82) is 0 Å². The first kappa shape index (κ1) is 20.0. The maximum absolute atomic E-state index is 13.1. The first-order valence-electron chi connectivity index (χ1n) is 10.8. The summed E-state index contributed by atoms with van der Waals surface area (Å²) in [6.07, 6.45) is 5.03. The van der Waals surface area contributed by atoms with Crippen LogP contribution < -0.4 is 15.2 Å². The topological polar surface area (TPSA) is 50.6 Å². The highest BCUT2D eigenvalue weighted by Crippen LogP contribution is 2.34. The molecule has 2 aromatic rings. The van der Waals surface area contributed by atoms with Gasteiger partial charge in [0.15, 0.2) is 0 Å². The second-order valence-electron chi connectivity index (χ2n) is 8.41. The molecule has 156 valence electrons. The predicted molar refractivity (Wildman–Crippen MR) is 116 cm³/mol. The molecule has 0 bridgehead atoms. The van der Waals surface area contributed by atoms with Crippen molar-refractivity contribution in [3.8, 4) is 5.75 Å². The smallest absolute Gasteiger partial charge is 0.259 e. The summed E-state index contributed by atoms with van der Waals surface area (Å²) in [5.74, 6) is 2.24. The van der Waals surface area contributed by atoms with Crippen molar-refractivity contribution in [2.45, 2.75) is 66.1 Å². The van der Waals surface area contributed by atoms with Gasteiger partial charge in [-0.15, -0.1) is 0 Å². The number of ether oxygens (including phenoxy) is 1. The van der Waals surface area contributed by atoms with Crippen LogP contribution in [0.5, 0.6) is 5.75 Å². The molecule has 2 unspecified atom stereocenters. The van der Waals surface area contributed by atoms with Crippen LogP contribution in [0.1, 0.15) is 50.8 Å². The van der Waals surface area contributed by atoms with Gasteiger partial charge >= 0.3 is 0 Å². The molecule has 1 aromatic carbocycles. The van der Waals surface area contributed by atoms with Crippen LogP contribution in [0, 0.1) is 19.8 Å². The molecule has 1 aliphatic carbocycles. The molecule has 29 heavy (non-hydrogen) atoms. The molecule has 2 atom stereocenters. The molecule has 0 saturated heterocycles. The summed E-state index contributed by atoms with van der Waals surface area (Å²) in [5, 5.41) is 0. The van der Waals surface area contributed by atoms with Crippen LogP contribution in [-0.4, -0.2) is 33.8 Å². The van der Waals surface area contributed by atoms with E-state index in [1.807, 2.05) is 37.5 Å². The van der Waals surface area contributed by atoms with Crippen LogP contribution in [-0.2, 0) is 6.67 Å². The molecule has 1 fully saturated rings. The molecular formula is C23H32N4O2. The van der Waals surface area contributed by atoms with Gasteiger partial charge in [0.25, 0.3) is 5.56 Å². The molecule has 1 saturated carbocycles. The molecule has 6 nitrogen and oxygen atoms in total. The number of hydrogen-bond acceptors (Lipinski definition) is 5. The molecule has 2 heterocycles. The molecule has 0 N–H and O–H groups in total. The lowest BCUT2D eigenvalue weighted by Gasteiger charge is -2.45. The van der Waals surface area contributed by atoms with Gasteiger partial charge in [-0.2, -0.15) is 0 Å². The van der Waals surface area contributed by atoms with Gasteiger partial charge in [-0.05, 0) is 63.8 Å². The average molecular weight is 397 g/mol. The number of aryl methyl sites for hydroxylation is 1. The minimum Gasteiger partial charge on any atom is -0.494 e. The minimum absolute atomic E-state index is 0.0663. The van der Waals surface area contributed by atoms with Crippen LogP contribution in [0.25, 0.3) is 0 Å². The van der Waals surface area contributed by atoms with E-state index in [0.29, 0.717) is 25.2 Å².